The first kappa shape index (κ1) is 27.6. The first-order valence-corrected chi connectivity index (χ1v) is 13.5. The summed E-state index contributed by atoms with van der Waals surface area (Å²) in [5, 5.41) is 3.75. The smallest absolute Gasteiger partial charge is 0.330 e. The summed E-state index contributed by atoms with van der Waals surface area (Å²) >= 11 is 0. The minimum Gasteiger partial charge on any atom is -0.383 e. The van der Waals surface area contributed by atoms with Crippen LogP contribution >= 0.6 is 0 Å². The van der Waals surface area contributed by atoms with Crippen LogP contribution in [-0.2, 0) is 21.4 Å². The maximum Gasteiger partial charge on any atom is 0.330 e. The summed E-state index contributed by atoms with van der Waals surface area (Å²) in [6.07, 6.45) is 2.04. The van der Waals surface area contributed by atoms with Crippen LogP contribution in [0.15, 0.2) is 19.0 Å². The molecule has 36 heavy (non-hydrogen) atoms. The second-order valence-corrected chi connectivity index (χ2v) is 10.7. The maximum atomic E-state index is 13.3. The number of sulfonamides is 1. The molecular formula is C22H35N7O6S. The number of H-pyrrole nitrogens is 1. The van der Waals surface area contributed by atoms with E-state index in [4.69, 9.17) is 10.3 Å². The van der Waals surface area contributed by atoms with Crippen molar-refractivity contribution >= 4 is 27.4 Å². The lowest BCUT2D eigenvalue weighted by Crippen LogP contribution is -2.46. The van der Waals surface area contributed by atoms with Crippen LogP contribution in [0.3, 0.4) is 0 Å². The van der Waals surface area contributed by atoms with Crippen molar-refractivity contribution in [1.82, 2.24) is 23.9 Å². The van der Waals surface area contributed by atoms with Crippen LogP contribution in [0.4, 0.5) is 11.5 Å². The van der Waals surface area contributed by atoms with Gasteiger partial charge in [-0.2, -0.15) is 4.31 Å². The topological polar surface area (TPSA) is 168 Å². The van der Waals surface area contributed by atoms with Gasteiger partial charge in [0.05, 0.1) is 6.54 Å². The minimum atomic E-state index is -3.79. The Labute approximate surface area is 209 Å². The summed E-state index contributed by atoms with van der Waals surface area (Å²) in [6.45, 7) is 8.64. The van der Waals surface area contributed by atoms with Gasteiger partial charge in [0.2, 0.25) is 15.9 Å². The van der Waals surface area contributed by atoms with Crippen LogP contribution in [0.5, 0.6) is 0 Å². The first-order valence-electron chi connectivity index (χ1n) is 12.1. The Hall–Kier alpha value is -2.97. The van der Waals surface area contributed by atoms with Crippen LogP contribution < -0.4 is 21.9 Å². The SMILES string of the molecule is CCCCn1c(N)c(N(CC)C(=O)CN2CCCN(S(=O)(=O)c3c(C)noc3C)CC2)c(=O)[nH]c1=O. The number of carbonyl (C=O) groups excluding carboxylic acids is 1. The standard InChI is InChI=1S/C22H35N7O6S/c1-5-7-11-29-20(23)18(21(31)24-22(29)32)28(6-2)17(30)14-26-9-8-10-27(13-12-26)36(33,34)19-15(3)25-35-16(19)4/h5-14,23H2,1-4H3,(H,24,31,32). The highest BCUT2D eigenvalue weighted by molar-refractivity contribution is 7.89. The molecule has 2 aromatic rings. The minimum absolute atomic E-state index is 0.0278. The van der Waals surface area contributed by atoms with E-state index in [0.717, 1.165) is 6.42 Å². The van der Waals surface area contributed by atoms with E-state index in [-0.39, 0.29) is 47.7 Å². The molecule has 3 heterocycles. The molecule has 0 spiro atoms. The quantitative estimate of drug-likeness (QED) is 0.467. The highest BCUT2D eigenvalue weighted by Crippen LogP contribution is 2.24. The molecule has 0 unspecified atom stereocenters. The number of nitrogens with zero attached hydrogens (tertiary/aromatic N) is 5. The Bertz CT molecular complexity index is 1290. The molecule has 200 valence electrons. The normalized spacial score (nSPS) is 15.7. The third-order valence-corrected chi connectivity index (χ3v) is 8.45. The molecule has 0 aromatic carbocycles. The molecular weight excluding hydrogens is 490 g/mol. The first-order chi connectivity index (χ1) is 17.0. The monoisotopic (exact) mass is 525 g/mol. The number of hydrogen-bond acceptors (Lipinski definition) is 9. The van der Waals surface area contributed by atoms with Crippen LogP contribution in [-0.4, -0.2) is 77.5 Å². The summed E-state index contributed by atoms with van der Waals surface area (Å²) in [5.41, 5.74) is 5.13. The number of anilines is 2. The molecule has 1 aliphatic rings. The van der Waals surface area contributed by atoms with E-state index in [1.807, 2.05) is 11.8 Å². The number of nitrogens with one attached hydrogen (secondary N) is 1. The molecule has 1 saturated heterocycles. The van der Waals surface area contributed by atoms with Gasteiger partial charge in [-0.1, -0.05) is 18.5 Å². The molecule has 0 aliphatic carbocycles. The zero-order valence-corrected chi connectivity index (χ0v) is 22.1. The second kappa shape index (κ2) is 11.4. The Morgan fingerprint density at radius 3 is 2.50 bits per heavy atom. The molecule has 1 aliphatic heterocycles. The number of rotatable bonds is 9. The Kier molecular flexibility index (Phi) is 8.74. The van der Waals surface area contributed by atoms with Gasteiger partial charge in [-0.3, -0.25) is 24.0 Å². The van der Waals surface area contributed by atoms with Crippen molar-refractivity contribution in [3.8, 4) is 0 Å². The number of nitrogens with two attached hydrogens (primary N) is 1. The maximum absolute atomic E-state index is 13.3. The van der Waals surface area contributed by atoms with Gasteiger partial charge < -0.3 is 15.2 Å². The van der Waals surface area contributed by atoms with Gasteiger partial charge in [0.25, 0.3) is 5.56 Å². The lowest BCUT2D eigenvalue weighted by molar-refractivity contribution is -0.119. The molecule has 14 heteroatoms. The van der Waals surface area contributed by atoms with Crippen LogP contribution in [0.25, 0.3) is 0 Å². The van der Waals surface area contributed by atoms with Crippen molar-refractivity contribution in [2.24, 2.45) is 0 Å². The van der Waals surface area contributed by atoms with E-state index in [0.29, 0.717) is 44.7 Å². The highest BCUT2D eigenvalue weighted by atomic mass is 32.2. The summed E-state index contributed by atoms with van der Waals surface area (Å²) in [7, 11) is -3.79. The van der Waals surface area contributed by atoms with Gasteiger partial charge in [0, 0.05) is 32.7 Å². The fraction of sp³-hybridized carbons (Fsp3) is 0.636. The molecule has 3 rings (SSSR count). The number of aromatic amines is 1. The van der Waals surface area contributed by atoms with Gasteiger partial charge in [-0.15, -0.1) is 0 Å². The fourth-order valence-corrected chi connectivity index (χ4v) is 6.19. The molecule has 2 aromatic heterocycles. The van der Waals surface area contributed by atoms with Crippen molar-refractivity contribution in [3.05, 3.63) is 32.3 Å². The van der Waals surface area contributed by atoms with Crippen molar-refractivity contribution in [1.29, 1.82) is 0 Å². The van der Waals surface area contributed by atoms with E-state index in [2.05, 4.69) is 10.1 Å². The van der Waals surface area contributed by atoms with Crippen LogP contribution in [0.2, 0.25) is 0 Å². The van der Waals surface area contributed by atoms with Crippen LogP contribution in [0.1, 0.15) is 44.6 Å². The molecule has 0 radical (unpaired) electrons. The van der Waals surface area contributed by atoms with Crippen molar-refractivity contribution < 1.29 is 17.7 Å². The second-order valence-electron chi connectivity index (χ2n) is 8.82. The molecule has 0 bridgehead atoms. The van der Waals surface area contributed by atoms with Crippen LogP contribution in [0, 0.1) is 13.8 Å². The summed E-state index contributed by atoms with van der Waals surface area (Å²) in [6, 6.07) is 0. The number of likely N-dealkylation sites (N-methyl/N-ethyl adjacent to an activating group) is 1. The van der Waals surface area contributed by atoms with Gasteiger partial charge in [-0.05, 0) is 40.2 Å². The van der Waals surface area contributed by atoms with Gasteiger partial charge in [-0.25, -0.2) is 13.2 Å². The summed E-state index contributed by atoms with van der Waals surface area (Å²) in [4.78, 5) is 43.6. The molecule has 13 nitrogen and oxygen atoms in total. The van der Waals surface area contributed by atoms with Gasteiger partial charge in [0.15, 0.2) is 11.4 Å². The summed E-state index contributed by atoms with van der Waals surface area (Å²) < 4.78 is 34.0. The highest BCUT2D eigenvalue weighted by Gasteiger charge is 2.33. The van der Waals surface area contributed by atoms with Crippen molar-refractivity contribution in [2.75, 3.05) is 49.9 Å². The number of hydrogen-bond donors (Lipinski definition) is 2. The predicted molar refractivity (Wildman–Crippen MR) is 134 cm³/mol. The van der Waals surface area contributed by atoms with E-state index in [9.17, 15) is 22.8 Å². The molecule has 0 atom stereocenters. The molecule has 1 amide bonds. The van der Waals surface area contributed by atoms with Crippen molar-refractivity contribution in [2.45, 2.75) is 58.4 Å². The number of nitrogen functional groups attached to an aromatic ring is 1. The van der Waals surface area contributed by atoms with Gasteiger partial charge in [0.1, 0.15) is 16.4 Å². The average molecular weight is 526 g/mol. The van der Waals surface area contributed by atoms with Gasteiger partial charge >= 0.3 is 5.69 Å². The Morgan fingerprint density at radius 1 is 1.17 bits per heavy atom. The zero-order chi connectivity index (χ0) is 26.6. The molecule has 3 N–H and O–H groups in total. The Balaban J connectivity index is 1.76. The fourth-order valence-electron chi connectivity index (χ4n) is 4.43. The third-order valence-electron chi connectivity index (χ3n) is 6.31. The summed E-state index contributed by atoms with van der Waals surface area (Å²) in [5.74, 6) is -0.164. The predicted octanol–water partition coefficient (Wildman–Crippen LogP) is 0.273. The van der Waals surface area contributed by atoms with E-state index in [1.165, 1.54) is 13.8 Å². The average Bonchev–Trinajstić information content (AvgIpc) is 3.00. The van der Waals surface area contributed by atoms with E-state index < -0.39 is 21.3 Å². The third kappa shape index (κ3) is 5.55. The molecule has 1 fully saturated rings. The number of aryl methyl sites for hydroxylation is 2. The van der Waals surface area contributed by atoms with E-state index in [1.54, 1.807) is 20.8 Å². The molecule has 0 saturated carbocycles. The lowest BCUT2D eigenvalue weighted by atomic mass is 10.3. The Morgan fingerprint density at radius 2 is 1.89 bits per heavy atom. The zero-order valence-electron chi connectivity index (χ0n) is 21.2. The van der Waals surface area contributed by atoms with E-state index >= 15 is 0 Å². The number of unbranched alkanes of at least 4 members (excludes halogenated alkanes) is 1. The largest absolute Gasteiger partial charge is 0.383 e. The number of carbonyl (C=O) groups is 1. The van der Waals surface area contributed by atoms with Crippen molar-refractivity contribution in [3.63, 3.8) is 0 Å². The number of amides is 1. The number of aromatic nitrogens is 3. The lowest BCUT2D eigenvalue weighted by Gasteiger charge is -2.27.